The van der Waals surface area contributed by atoms with Crippen molar-refractivity contribution in [3.8, 4) is 0 Å². The molecule has 1 aliphatic heterocycles. The maximum Gasteiger partial charge on any atom is 0.246 e. The fourth-order valence-corrected chi connectivity index (χ4v) is 4.95. The number of hydrogen-bond donors (Lipinski definition) is 1. The highest BCUT2D eigenvalue weighted by molar-refractivity contribution is 8.00. The van der Waals surface area contributed by atoms with Crippen LogP contribution >= 0.6 is 11.8 Å². The van der Waals surface area contributed by atoms with Crippen LogP contribution < -0.4 is 0 Å². The zero-order valence-corrected chi connectivity index (χ0v) is 11.9. The van der Waals surface area contributed by atoms with Crippen LogP contribution in [0.5, 0.6) is 0 Å². The van der Waals surface area contributed by atoms with Crippen molar-refractivity contribution >= 4 is 21.8 Å². The quantitative estimate of drug-likeness (QED) is 0.881. The molecule has 2 heterocycles. The lowest BCUT2D eigenvalue weighted by atomic mass is 10.2. The first-order valence-corrected chi connectivity index (χ1v) is 7.89. The summed E-state index contributed by atoms with van der Waals surface area (Å²) in [7, 11) is -3.39. The molecule has 0 aliphatic carbocycles. The molecule has 17 heavy (non-hydrogen) atoms. The minimum atomic E-state index is -3.39. The molecule has 0 bridgehead atoms. The molecular weight excluding hydrogens is 258 g/mol. The summed E-state index contributed by atoms with van der Waals surface area (Å²) in [6.45, 7) is 6.98. The van der Waals surface area contributed by atoms with E-state index in [1.54, 1.807) is 11.2 Å². The van der Waals surface area contributed by atoms with Crippen LogP contribution in [-0.2, 0) is 10.0 Å². The molecule has 96 valence electrons. The van der Waals surface area contributed by atoms with Crippen LogP contribution in [0.2, 0.25) is 0 Å². The fourth-order valence-electron chi connectivity index (χ4n) is 1.92. The minimum absolute atomic E-state index is 0.0248. The molecule has 0 spiro atoms. The zero-order valence-electron chi connectivity index (χ0n) is 10.2. The molecule has 5 nitrogen and oxygen atoms in total. The first-order chi connectivity index (χ1) is 7.83. The maximum atomic E-state index is 12.4. The van der Waals surface area contributed by atoms with Crippen LogP contribution in [-0.4, -0.2) is 46.5 Å². The normalized spacial score (nSPS) is 21.6. The molecule has 1 aromatic heterocycles. The standard InChI is InChI=1S/C10H17N3O2S2/c1-8-9(6-11-12-8)17(14,15)13-4-5-16-10(2,3)7-13/h6H,4-5,7H2,1-3H3,(H,11,12). The SMILES string of the molecule is Cc1[nH]ncc1S(=O)(=O)N1CCSC(C)(C)C1. The maximum absolute atomic E-state index is 12.4. The van der Waals surface area contributed by atoms with Gasteiger partial charge in [0.05, 0.1) is 11.9 Å². The summed E-state index contributed by atoms with van der Waals surface area (Å²) in [6, 6.07) is 0. The molecule has 1 saturated heterocycles. The lowest BCUT2D eigenvalue weighted by molar-refractivity contribution is 0.387. The molecule has 7 heteroatoms. The third-order valence-corrected chi connectivity index (χ3v) is 6.05. The van der Waals surface area contributed by atoms with Gasteiger partial charge in [-0.15, -0.1) is 0 Å². The van der Waals surface area contributed by atoms with Gasteiger partial charge in [-0.25, -0.2) is 8.42 Å². The number of H-pyrrole nitrogens is 1. The van der Waals surface area contributed by atoms with Crippen LogP contribution in [0.15, 0.2) is 11.1 Å². The lowest BCUT2D eigenvalue weighted by Crippen LogP contribution is -2.46. The van der Waals surface area contributed by atoms with Crippen molar-refractivity contribution in [1.29, 1.82) is 0 Å². The summed E-state index contributed by atoms with van der Waals surface area (Å²) in [6.07, 6.45) is 1.39. The van der Waals surface area contributed by atoms with Crippen molar-refractivity contribution in [2.24, 2.45) is 0 Å². The Hall–Kier alpha value is -0.530. The van der Waals surface area contributed by atoms with Gasteiger partial charge in [-0.2, -0.15) is 21.2 Å². The molecule has 0 saturated carbocycles. The number of aryl methyl sites for hydroxylation is 1. The average Bonchev–Trinajstić information content (AvgIpc) is 2.63. The summed E-state index contributed by atoms with van der Waals surface area (Å²) in [5.74, 6) is 0.836. The highest BCUT2D eigenvalue weighted by atomic mass is 32.2. The number of rotatable bonds is 2. The van der Waals surface area contributed by atoms with E-state index in [-0.39, 0.29) is 4.75 Å². The number of aromatic nitrogens is 2. The second-order valence-corrected chi connectivity index (χ2v) is 8.51. The van der Waals surface area contributed by atoms with Crippen molar-refractivity contribution in [3.05, 3.63) is 11.9 Å². The number of thioether (sulfide) groups is 1. The van der Waals surface area contributed by atoms with Gasteiger partial charge in [0.1, 0.15) is 4.90 Å². The Balaban J connectivity index is 2.31. The molecule has 0 unspecified atom stereocenters. The number of hydrogen-bond acceptors (Lipinski definition) is 4. The van der Waals surface area contributed by atoms with E-state index in [9.17, 15) is 8.42 Å². The van der Waals surface area contributed by atoms with Crippen molar-refractivity contribution in [2.75, 3.05) is 18.8 Å². The van der Waals surface area contributed by atoms with E-state index in [0.29, 0.717) is 23.7 Å². The van der Waals surface area contributed by atoms with Crippen LogP contribution in [0, 0.1) is 6.92 Å². The Morgan fingerprint density at radius 2 is 2.24 bits per heavy atom. The summed E-state index contributed by atoms with van der Waals surface area (Å²) in [5.41, 5.74) is 0.598. The largest absolute Gasteiger partial charge is 0.281 e. The predicted octanol–water partition coefficient (Wildman–Crippen LogP) is 1.23. The Bertz CT molecular complexity index is 507. The second-order valence-electron chi connectivity index (χ2n) is 4.81. The van der Waals surface area contributed by atoms with Gasteiger partial charge >= 0.3 is 0 Å². The molecule has 1 fully saturated rings. The summed E-state index contributed by atoms with van der Waals surface area (Å²) in [5, 5.41) is 6.46. The topological polar surface area (TPSA) is 66.1 Å². The van der Waals surface area contributed by atoms with Gasteiger partial charge in [-0.1, -0.05) is 0 Å². The molecule has 1 N–H and O–H groups in total. The van der Waals surface area contributed by atoms with E-state index in [0.717, 1.165) is 5.75 Å². The molecule has 2 rings (SSSR count). The Kier molecular flexibility index (Phi) is 3.26. The van der Waals surface area contributed by atoms with Gasteiger partial charge in [-0.05, 0) is 20.8 Å². The van der Waals surface area contributed by atoms with Crippen LogP contribution in [0.25, 0.3) is 0 Å². The number of sulfonamides is 1. The smallest absolute Gasteiger partial charge is 0.246 e. The van der Waals surface area contributed by atoms with E-state index in [2.05, 4.69) is 24.0 Å². The fraction of sp³-hybridized carbons (Fsp3) is 0.700. The van der Waals surface area contributed by atoms with Gasteiger partial charge in [0.2, 0.25) is 10.0 Å². The molecule has 0 amide bonds. The molecule has 1 aromatic rings. The molecular formula is C10H17N3O2S2. The van der Waals surface area contributed by atoms with Gasteiger partial charge in [0.25, 0.3) is 0 Å². The third-order valence-electron chi connectivity index (χ3n) is 2.79. The van der Waals surface area contributed by atoms with Crippen LogP contribution in [0.1, 0.15) is 19.5 Å². The second kappa shape index (κ2) is 4.29. The minimum Gasteiger partial charge on any atom is -0.281 e. The Labute approximate surface area is 106 Å². The molecule has 0 radical (unpaired) electrons. The van der Waals surface area contributed by atoms with Crippen molar-refractivity contribution in [1.82, 2.24) is 14.5 Å². The highest BCUT2D eigenvalue weighted by Crippen LogP contribution is 2.32. The van der Waals surface area contributed by atoms with Gasteiger partial charge in [0.15, 0.2) is 0 Å². The molecule has 0 aromatic carbocycles. The molecule has 0 atom stereocenters. The van der Waals surface area contributed by atoms with Crippen molar-refractivity contribution in [3.63, 3.8) is 0 Å². The first-order valence-electron chi connectivity index (χ1n) is 5.47. The van der Waals surface area contributed by atoms with Gasteiger partial charge < -0.3 is 0 Å². The Morgan fingerprint density at radius 1 is 1.53 bits per heavy atom. The lowest BCUT2D eigenvalue weighted by Gasteiger charge is -2.36. The van der Waals surface area contributed by atoms with Crippen LogP contribution in [0.3, 0.4) is 0 Å². The number of nitrogens with zero attached hydrogens (tertiary/aromatic N) is 2. The highest BCUT2D eigenvalue weighted by Gasteiger charge is 2.35. The average molecular weight is 275 g/mol. The Morgan fingerprint density at radius 3 is 2.76 bits per heavy atom. The first kappa shape index (κ1) is 12.9. The van der Waals surface area contributed by atoms with E-state index in [4.69, 9.17) is 0 Å². The summed E-state index contributed by atoms with van der Waals surface area (Å²) < 4.78 is 26.4. The molecule has 1 aliphatic rings. The van der Waals surface area contributed by atoms with Crippen molar-refractivity contribution in [2.45, 2.75) is 30.4 Å². The number of aromatic amines is 1. The van der Waals surface area contributed by atoms with Gasteiger partial charge in [0, 0.05) is 23.6 Å². The predicted molar refractivity (Wildman–Crippen MR) is 68.6 cm³/mol. The van der Waals surface area contributed by atoms with E-state index >= 15 is 0 Å². The monoisotopic (exact) mass is 275 g/mol. The van der Waals surface area contributed by atoms with E-state index in [1.807, 2.05) is 11.8 Å². The zero-order chi connectivity index (χ0) is 12.7. The number of nitrogens with one attached hydrogen (secondary N) is 1. The third kappa shape index (κ3) is 2.51. The van der Waals surface area contributed by atoms with E-state index in [1.165, 1.54) is 6.20 Å². The summed E-state index contributed by atoms with van der Waals surface area (Å²) >= 11 is 1.81. The van der Waals surface area contributed by atoms with Gasteiger partial charge in [-0.3, -0.25) is 5.10 Å². The summed E-state index contributed by atoms with van der Waals surface area (Å²) in [4.78, 5) is 0.292. The van der Waals surface area contributed by atoms with Crippen molar-refractivity contribution < 1.29 is 8.42 Å². The van der Waals surface area contributed by atoms with Crippen LogP contribution in [0.4, 0.5) is 0 Å². The van der Waals surface area contributed by atoms with E-state index < -0.39 is 10.0 Å².